The van der Waals surface area contributed by atoms with Crippen LogP contribution in [0.15, 0.2) is 49.1 Å². The van der Waals surface area contributed by atoms with Crippen LogP contribution in [0.25, 0.3) is 11.2 Å². The van der Waals surface area contributed by atoms with Crippen molar-refractivity contribution in [3.05, 3.63) is 54.7 Å². The van der Waals surface area contributed by atoms with Gasteiger partial charge in [-0.05, 0) is 97.7 Å². The van der Waals surface area contributed by atoms with E-state index < -0.39 is 89.7 Å². The average Bonchev–Trinajstić information content (AvgIpc) is 3.83. The monoisotopic (exact) mass is 921 g/mol. The number of aliphatic hydroxyl groups excluding tert-OH is 1. The number of rotatable bonds is 14. The molecule has 364 valence electrons. The number of Topliss-reactive ketones (excluding diaryl/α,β-unsaturated/α-hetero) is 1. The summed E-state index contributed by atoms with van der Waals surface area (Å²) in [5.41, 5.74) is -0.695. The highest BCUT2D eigenvalue weighted by molar-refractivity contribution is 5.85. The summed E-state index contributed by atoms with van der Waals surface area (Å²) < 4.78 is 40.7. The van der Waals surface area contributed by atoms with Gasteiger partial charge in [-0.2, -0.15) is 0 Å². The molecule has 0 saturated carbocycles. The minimum atomic E-state index is -1.44. The Morgan fingerprint density at radius 2 is 1.70 bits per heavy atom. The van der Waals surface area contributed by atoms with E-state index in [2.05, 4.69) is 15.0 Å². The maximum absolute atomic E-state index is 15.0. The third-order valence-corrected chi connectivity index (χ3v) is 14.5. The highest BCUT2D eigenvalue weighted by atomic mass is 16.7. The molecular formula is C49H72N6O11. The van der Waals surface area contributed by atoms with Crippen LogP contribution in [0.5, 0.6) is 0 Å². The number of methoxy groups -OCH3 is 1. The Hall–Kier alpha value is -4.55. The van der Waals surface area contributed by atoms with E-state index in [1.165, 1.54) is 7.11 Å². The fourth-order valence-electron chi connectivity index (χ4n) is 10.7. The van der Waals surface area contributed by atoms with E-state index in [0.717, 1.165) is 5.52 Å². The van der Waals surface area contributed by atoms with Crippen molar-refractivity contribution < 1.29 is 52.7 Å². The molecular weight excluding hydrogens is 849 g/mol. The number of aryl methyl sites for hydroxylation is 1. The number of ether oxygens (including phenoxy) is 6. The van der Waals surface area contributed by atoms with Crippen molar-refractivity contribution >= 4 is 35.0 Å². The predicted molar refractivity (Wildman–Crippen MR) is 244 cm³/mol. The summed E-state index contributed by atoms with van der Waals surface area (Å²) in [5.74, 6) is -4.84. The van der Waals surface area contributed by atoms with Gasteiger partial charge in [-0.15, -0.1) is 0 Å². The number of unbranched alkanes of at least 4 members (excludes halogenated alkanes) is 1. The maximum Gasteiger partial charge on any atom is 0.410 e. The lowest BCUT2D eigenvalue weighted by Crippen LogP contribution is -2.61. The first-order valence-corrected chi connectivity index (χ1v) is 23.7. The second-order valence-electron chi connectivity index (χ2n) is 19.2. The Kier molecular flexibility index (Phi) is 16.6. The van der Waals surface area contributed by atoms with Crippen molar-refractivity contribution in [3.8, 4) is 0 Å². The van der Waals surface area contributed by atoms with Gasteiger partial charge in [-0.25, -0.2) is 14.8 Å². The van der Waals surface area contributed by atoms with E-state index in [1.54, 1.807) is 69.5 Å². The summed E-state index contributed by atoms with van der Waals surface area (Å²) in [6, 6.07) is 7.94. The first kappa shape index (κ1) is 50.9. The van der Waals surface area contributed by atoms with Crippen molar-refractivity contribution in [2.24, 2.45) is 23.7 Å². The molecule has 6 heterocycles. The van der Waals surface area contributed by atoms with E-state index in [9.17, 15) is 19.5 Å². The SMILES string of the molecule is CC[C@H]1OC(=O)[C@H](C)[C@@H](OC(=O)Cc2ccccn2)[C@H](C)[C@@H](O[C@@H]2O[C@H](C)C[C@H](N(C)CC)[C@H]2O)[C@](C)(OC)C[C@@H](C)C(=O)[C@H](C)[C@H]2N(CCCCn3cnc4ncccc43)C(=O)O[C@]12C. The zero-order chi connectivity index (χ0) is 48.1. The Morgan fingerprint density at radius 1 is 0.970 bits per heavy atom. The van der Waals surface area contributed by atoms with Crippen molar-refractivity contribution in [1.82, 2.24) is 29.3 Å². The summed E-state index contributed by atoms with van der Waals surface area (Å²) in [7, 11) is 3.46. The summed E-state index contributed by atoms with van der Waals surface area (Å²) >= 11 is 0. The van der Waals surface area contributed by atoms with E-state index in [4.69, 9.17) is 28.4 Å². The highest BCUT2D eigenvalue weighted by Gasteiger charge is 2.60. The molecule has 17 heteroatoms. The number of amides is 1. The summed E-state index contributed by atoms with van der Waals surface area (Å²) in [6.45, 7) is 18.0. The molecule has 1 amide bonds. The minimum Gasteiger partial charge on any atom is -0.461 e. The molecule has 3 aliphatic heterocycles. The Bertz CT molecular complexity index is 2120. The van der Waals surface area contributed by atoms with Gasteiger partial charge < -0.3 is 47.9 Å². The molecule has 66 heavy (non-hydrogen) atoms. The van der Waals surface area contributed by atoms with Gasteiger partial charge >= 0.3 is 18.0 Å². The minimum absolute atomic E-state index is 0.120. The van der Waals surface area contributed by atoms with Gasteiger partial charge in [0.05, 0.1) is 53.7 Å². The Balaban J connectivity index is 1.37. The quantitative estimate of drug-likeness (QED) is 0.116. The topological polar surface area (TPSA) is 194 Å². The highest BCUT2D eigenvalue weighted by Crippen LogP contribution is 2.44. The number of imidazole rings is 1. The summed E-state index contributed by atoms with van der Waals surface area (Å²) in [6.07, 6.45) is 0.768. The summed E-state index contributed by atoms with van der Waals surface area (Å²) in [4.78, 5) is 74.5. The van der Waals surface area contributed by atoms with Crippen LogP contribution < -0.4 is 0 Å². The molecule has 6 rings (SSSR count). The van der Waals surface area contributed by atoms with Gasteiger partial charge in [-0.1, -0.05) is 40.7 Å². The molecule has 0 bridgehead atoms. The van der Waals surface area contributed by atoms with Crippen LogP contribution in [0.1, 0.15) is 100 Å². The zero-order valence-corrected chi connectivity index (χ0v) is 40.6. The molecule has 3 aromatic heterocycles. The number of esters is 2. The number of aliphatic hydroxyl groups is 1. The smallest absolute Gasteiger partial charge is 0.410 e. The second-order valence-corrected chi connectivity index (χ2v) is 19.2. The molecule has 3 aromatic rings. The van der Waals surface area contributed by atoms with Crippen LogP contribution >= 0.6 is 0 Å². The van der Waals surface area contributed by atoms with Crippen molar-refractivity contribution in [1.29, 1.82) is 0 Å². The molecule has 3 aliphatic rings. The Morgan fingerprint density at radius 3 is 2.38 bits per heavy atom. The average molecular weight is 921 g/mol. The first-order valence-electron chi connectivity index (χ1n) is 23.7. The number of aromatic nitrogens is 4. The number of carbonyl (C=O) groups excluding carboxylic acids is 4. The number of hydrogen-bond acceptors (Lipinski definition) is 15. The largest absolute Gasteiger partial charge is 0.461 e. The molecule has 0 spiro atoms. The third-order valence-electron chi connectivity index (χ3n) is 14.5. The molecule has 0 radical (unpaired) electrons. The van der Waals surface area contributed by atoms with Gasteiger partial charge in [-0.3, -0.25) is 19.4 Å². The van der Waals surface area contributed by atoms with Crippen LogP contribution in [-0.2, 0) is 55.8 Å². The molecule has 14 atom stereocenters. The van der Waals surface area contributed by atoms with Crippen molar-refractivity contribution in [3.63, 3.8) is 0 Å². The fourth-order valence-corrected chi connectivity index (χ4v) is 10.7. The maximum atomic E-state index is 15.0. The lowest BCUT2D eigenvalue weighted by molar-refractivity contribution is -0.302. The number of pyridine rings is 2. The predicted octanol–water partition coefficient (Wildman–Crippen LogP) is 5.79. The second kappa shape index (κ2) is 21.6. The van der Waals surface area contributed by atoms with Gasteiger partial charge in [0, 0.05) is 56.4 Å². The van der Waals surface area contributed by atoms with Crippen molar-refractivity contribution in [2.45, 2.75) is 167 Å². The molecule has 3 fully saturated rings. The third kappa shape index (κ3) is 10.8. The number of hydrogen-bond donors (Lipinski definition) is 1. The number of ketones is 1. The Labute approximate surface area is 389 Å². The number of nitrogens with zero attached hydrogens (tertiary/aromatic N) is 6. The first-order chi connectivity index (χ1) is 31.4. The number of carbonyl (C=O) groups is 4. The molecule has 0 unspecified atom stereocenters. The van der Waals surface area contributed by atoms with Crippen LogP contribution in [0.3, 0.4) is 0 Å². The van der Waals surface area contributed by atoms with E-state index >= 15 is 4.79 Å². The van der Waals surface area contributed by atoms with E-state index in [-0.39, 0.29) is 43.7 Å². The zero-order valence-electron chi connectivity index (χ0n) is 40.6. The van der Waals surface area contributed by atoms with Crippen LogP contribution in [0.2, 0.25) is 0 Å². The molecule has 17 nitrogen and oxygen atoms in total. The lowest BCUT2D eigenvalue weighted by Gasteiger charge is -2.48. The van der Waals surface area contributed by atoms with Crippen LogP contribution in [0.4, 0.5) is 4.79 Å². The molecule has 1 N–H and O–H groups in total. The molecule has 3 saturated heterocycles. The van der Waals surface area contributed by atoms with E-state index in [1.807, 2.05) is 63.3 Å². The van der Waals surface area contributed by atoms with Gasteiger partial charge in [0.1, 0.15) is 24.1 Å². The fraction of sp³-hybridized carbons (Fsp3) is 0.694. The number of fused-ring (bicyclic) bond motifs is 2. The standard InChI is InChI=1S/C49H72N6O11/c1-12-37-49(9)42(55(47(60)66-49)24-17-16-23-54-28-52-44-35(54)20-18-22-51-44)31(5)39(57)29(3)27-48(8,61-11)43(65-46-40(58)36(53(10)13-2)25-30(4)62-46)32(6)41(33(7)45(59)63-37)64-38(56)26-34-19-14-15-21-50-34/h14-15,18-22,28-33,36-37,40-43,46,58H,12-13,16-17,23-27H2,1-11H3/t29-,30-,31+,32+,33-,36+,37-,40-,41+,42-,43-,46+,48-,49-/m1/s1. The van der Waals surface area contributed by atoms with Gasteiger partial charge in [0.25, 0.3) is 0 Å². The van der Waals surface area contributed by atoms with Gasteiger partial charge in [0.2, 0.25) is 0 Å². The molecule has 0 aromatic carbocycles. The lowest BCUT2D eigenvalue weighted by atomic mass is 9.73. The van der Waals surface area contributed by atoms with E-state index in [0.29, 0.717) is 43.7 Å². The van der Waals surface area contributed by atoms with Crippen LogP contribution in [0, 0.1) is 23.7 Å². The van der Waals surface area contributed by atoms with Crippen molar-refractivity contribution in [2.75, 3.05) is 27.2 Å². The summed E-state index contributed by atoms with van der Waals surface area (Å²) in [5, 5.41) is 11.9. The normalized spacial score (nSPS) is 34.7. The molecule has 0 aliphatic carbocycles. The van der Waals surface area contributed by atoms with Gasteiger partial charge in [0.15, 0.2) is 17.5 Å². The number of cyclic esters (lactones) is 1. The van der Waals surface area contributed by atoms with Crippen LogP contribution in [-0.4, -0.2) is 146 Å². The number of likely N-dealkylation sites (N-methyl/N-ethyl adjacent to an activating group) is 1.